The van der Waals surface area contributed by atoms with Crippen LogP contribution in [0.3, 0.4) is 0 Å². The quantitative estimate of drug-likeness (QED) is 0.419. The van der Waals surface area contributed by atoms with E-state index in [1.165, 1.54) is 22.8 Å². The zero-order chi connectivity index (χ0) is 22.7. The van der Waals surface area contributed by atoms with Crippen LogP contribution in [0.5, 0.6) is 0 Å². The molecule has 1 amide bonds. The molecule has 0 bridgehead atoms. The van der Waals surface area contributed by atoms with Gasteiger partial charge in [0.05, 0.1) is 16.3 Å². The SMILES string of the molecule is Cc1c[nH]c(=O)n1-c1ccc(C(=O)Nc2cccc(NS(=O)(=O)c3ccccc3)c2)cc1. The van der Waals surface area contributed by atoms with E-state index in [4.69, 9.17) is 0 Å². The molecule has 0 fully saturated rings. The molecular weight excluding hydrogens is 428 g/mol. The van der Waals surface area contributed by atoms with Crippen LogP contribution in [0.4, 0.5) is 11.4 Å². The van der Waals surface area contributed by atoms with E-state index in [9.17, 15) is 18.0 Å². The van der Waals surface area contributed by atoms with Crippen molar-refractivity contribution in [3.8, 4) is 5.69 Å². The Kier molecular flexibility index (Phi) is 5.65. The Morgan fingerprint density at radius 2 is 1.59 bits per heavy atom. The molecule has 3 aromatic carbocycles. The van der Waals surface area contributed by atoms with Crippen LogP contribution >= 0.6 is 0 Å². The molecule has 8 nitrogen and oxygen atoms in total. The lowest BCUT2D eigenvalue weighted by atomic mass is 10.2. The molecule has 0 aliphatic carbocycles. The third kappa shape index (κ3) is 4.47. The fourth-order valence-electron chi connectivity index (χ4n) is 3.22. The van der Waals surface area contributed by atoms with Crippen molar-refractivity contribution in [2.24, 2.45) is 0 Å². The number of hydrogen-bond acceptors (Lipinski definition) is 4. The summed E-state index contributed by atoms with van der Waals surface area (Å²) < 4.78 is 29.0. The fourth-order valence-corrected chi connectivity index (χ4v) is 4.29. The van der Waals surface area contributed by atoms with Crippen LogP contribution in [0.2, 0.25) is 0 Å². The summed E-state index contributed by atoms with van der Waals surface area (Å²) in [5, 5.41) is 2.75. The highest BCUT2D eigenvalue weighted by molar-refractivity contribution is 7.92. The van der Waals surface area contributed by atoms with Gasteiger partial charge in [-0.15, -0.1) is 0 Å². The Hall–Kier alpha value is -4.11. The van der Waals surface area contributed by atoms with Crippen LogP contribution < -0.4 is 15.7 Å². The zero-order valence-electron chi connectivity index (χ0n) is 17.1. The van der Waals surface area contributed by atoms with Gasteiger partial charge >= 0.3 is 5.69 Å². The highest BCUT2D eigenvalue weighted by Gasteiger charge is 2.14. The predicted octanol–water partition coefficient (Wildman–Crippen LogP) is 3.53. The lowest BCUT2D eigenvalue weighted by Crippen LogP contribution is -2.16. The predicted molar refractivity (Wildman–Crippen MR) is 123 cm³/mol. The van der Waals surface area contributed by atoms with E-state index in [0.29, 0.717) is 22.6 Å². The van der Waals surface area contributed by atoms with E-state index in [-0.39, 0.29) is 16.5 Å². The van der Waals surface area contributed by atoms with Gasteiger partial charge in [-0.2, -0.15) is 0 Å². The Bertz CT molecular complexity index is 1420. The summed E-state index contributed by atoms with van der Waals surface area (Å²) in [5.41, 5.74) is 2.29. The molecule has 0 radical (unpaired) electrons. The summed E-state index contributed by atoms with van der Waals surface area (Å²) in [7, 11) is -3.74. The number of aromatic nitrogens is 2. The summed E-state index contributed by atoms with van der Waals surface area (Å²) in [6.07, 6.45) is 1.61. The number of aromatic amines is 1. The molecule has 0 saturated carbocycles. The van der Waals surface area contributed by atoms with Gasteiger partial charge in [-0.05, 0) is 61.5 Å². The summed E-state index contributed by atoms with van der Waals surface area (Å²) in [6, 6.07) is 21.1. The second-order valence-corrected chi connectivity index (χ2v) is 8.75. The average molecular weight is 449 g/mol. The second-order valence-electron chi connectivity index (χ2n) is 7.07. The Morgan fingerprint density at radius 3 is 2.25 bits per heavy atom. The van der Waals surface area contributed by atoms with E-state index in [1.54, 1.807) is 73.8 Å². The number of amides is 1. The van der Waals surface area contributed by atoms with Crippen molar-refractivity contribution in [1.29, 1.82) is 0 Å². The smallest absolute Gasteiger partial charge is 0.322 e. The summed E-state index contributed by atoms with van der Waals surface area (Å²) in [6.45, 7) is 1.80. The minimum atomic E-state index is -3.74. The molecule has 1 heterocycles. The maximum Gasteiger partial charge on any atom is 0.330 e. The summed E-state index contributed by atoms with van der Waals surface area (Å²) in [4.78, 5) is 27.3. The average Bonchev–Trinajstić information content (AvgIpc) is 3.12. The van der Waals surface area contributed by atoms with Crippen LogP contribution in [0.1, 0.15) is 16.1 Å². The van der Waals surface area contributed by atoms with Gasteiger partial charge in [0.15, 0.2) is 0 Å². The number of sulfonamides is 1. The molecule has 0 saturated heterocycles. The number of nitrogens with one attached hydrogen (secondary N) is 3. The molecule has 9 heteroatoms. The van der Waals surface area contributed by atoms with E-state index in [1.807, 2.05) is 0 Å². The molecule has 0 aliphatic heterocycles. The number of benzene rings is 3. The Morgan fingerprint density at radius 1 is 0.906 bits per heavy atom. The highest BCUT2D eigenvalue weighted by Crippen LogP contribution is 2.20. The second kappa shape index (κ2) is 8.56. The van der Waals surface area contributed by atoms with Crippen molar-refractivity contribution in [2.45, 2.75) is 11.8 Å². The van der Waals surface area contributed by atoms with E-state index >= 15 is 0 Å². The van der Waals surface area contributed by atoms with Crippen molar-refractivity contribution in [1.82, 2.24) is 9.55 Å². The molecule has 0 atom stereocenters. The van der Waals surface area contributed by atoms with Crippen LogP contribution in [0.15, 0.2) is 94.7 Å². The maximum absolute atomic E-state index is 12.6. The molecular formula is C23H20N4O4S. The number of H-pyrrole nitrogens is 1. The van der Waals surface area contributed by atoms with Gasteiger partial charge in [-0.25, -0.2) is 13.2 Å². The van der Waals surface area contributed by atoms with E-state index < -0.39 is 10.0 Å². The Balaban J connectivity index is 1.49. The van der Waals surface area contributed by atoms with Gasteiger partial charge in [0.25, 0.3) is 15.9 Å². The zero-order valence-corrected chi connectivity index (χ0v) is 17.9. The van der Waals surface area contributed by atoms with Crippen molar-refractivity contribution < 1.29 is 13.2 Å². The molecule has 0 spiro atoms. The monoisotopic (exact) mass is 448 g/mol. The number of nitrogens with zero attached hydrogens (tertiary/aromatic N) is 1. The molecule has 3 N–H and O–H groups in total. The molecule has 0 aliphatic rings. The van der Waals surface area contributed by atoms with Crippen molar-refractivity contribution >= 4 is 27.3 Å². The first-order valence-corrected chi connectivity index (χ1v) is 11.2. The van der Waals surface area contributed by atoms with Gasteiger partial charge in [-0.1, -0.05) is 24.3 Å². The molecule has 162 valence electrons. The molecule has 4 aromatic rings. The standard InChI is InChI=1S/C23H20N4O4S/c1-16-15-24-23(29)27(16)20-12-10-17(11-13-20)22(28)25-18-6-5-7-19(14-18)26-32(30,31)21-8-3-2-4-9-21/h2-15,26H,1H3,(H,24,29)(H,25,28). The maximum atomic E-state index is 12.6. The topological polar surface area (TPSA) is 113 Å². The van der Waals surface area contributed by atoms with Crippen LogP contribution in [0.25, 0.3) is 5.69 Å². The summed E-state index contributed by atoms with van der Waals surface area (Å²) in [5.74, 6) is -0.363. The molecule has 1 aromatic heterocycles. The largest absolute Gasteiger partial charge is 0.330 e. The fraction of sp³-hybridized carbons (Fsp3) is 0.0435. The summed E-state index contributed by atoms with van der Waals surface area (Å²) >= 11 is 0. The molecule has 0 unspecified atom stereocenters. The number of rotatable bonds is 6. The number of carbonyl (C=O) groups is 1. The van der Waals surface area contributed by atoms with Crippen LogP contribution in [-0.2, 0) is 10.0 Å². The highest BCUT2D eigenvalue weighted by atomic mass is 32.2. The van der Waals surface area contributed by atoms with Gasteiger partial charge in [0.1, 0.15) is 0 Å². The lowest BCUT2D eigenvalue weighted by Gasteiger charge is -2.11. The number of hydrogen-bond donors (Lipinski definition) is 3. The number of imidazole rings is 1. The first-order valence-electron chi connectivity index (χ1n) is 9.70. The first-order chi connectivity index (χ1) is 15.3. The molecule has 32 heavy (non-hydrogen) atoms. The van der Waals surface area contributed by atoms with Crippen molar-refractivity contribution in [3.63, 3.8) is 0 Å². The minimum Gasteiger partial charge on any atom is -0.322 e. The normalized spacial score (nSPS) is 11.2. The van der Waals surface area contributed by atoms with Crippen molar-refractivity contribution in [3.05, 3.63) is 107 Å². The first kappa shape index (κ1) is 21.1. The lowest BCUT2D eigenvalue weighted by molar-refractivity contribution is 0.102. The van der Waals surface area contributed by atoms with E-state index in [2.05, 4.69) is 15.0 Å². The van der Waals surface area contributed by atoms with Gasteiger partial charge in [-0.3, -0.25) is 14.1 Å². The van der Waals surface area contributed by atoms with Gasteiger partial charge < -0.3 is 10.3 Å². The Labute approximate surface area is 184 Å². The molecule has 4 rings (SSSR count). The number of aryl methyl sites for hydroxylation is 1. The van der Waals surface area contributed by atoms with Gasteiger partial charge in [0.2, 0.25) is 0 Å². The third-order valence-electron chi connectivity index (χ3n) is 4.77. The third-order valence-corrected chi connectivity index (χ3v) is 6.17. The van der Waals surface area contributed by atoms with Crippen LogP contribution in [0, 0.1) is 6.92 Å². The number of anilines is 2. The van der Waals surface area contributed by atoms with Crippen molar-refractivity contribution in [2.75, 3.05) is 10.0 Å². The van der Waals surface area contributed by atoms with Crippen LogP contribution in [-0.4, -0.2) is 23.9 Å². The van der Waals surface area contributed by atoms with Gasteiger partial charge in [0, 0.05) is 23.1 Å². The number of carbonyl (C=O) groups excluding carboxylic acids is 1. The van der Waals surface area contributed by atoms with E-state index in [0.717, 1.165) is 5.69 Å². The minimum absolute atomic E-state index is 0.145.